The van der Waals surface area contributed by atoms with Crippen LogP contribution in [0.5, 0.6) is 0 Å². The van der Waals surface area contributed by atoms with E-state index < -0.39 is 68.2 Å². The SMILES string of the molecule is CCCCCCCCCC[C@H](CC[C@@](CO[Si](C)(C)C(C)(C)C)(C(=O)O)C1COCC1(F)F)n1ccc(NC(=O)OC(C)(C)C)nc1=O. The van der Waals surface area contributed by atoms with Gasteiger partial charge in [0.2, 0.25) is 0 Å². The van der Waals surface area contributed by atoms with E-state index >= 15 is 8.78 Å². The molecule has 1 aromatic rings. The first-order chi connectivity index (χ1) is 22.1. The van der Waals surface area contributed by atoms with E-state index in [1.54, 1.807) is 20.8 Å². The van der Waals surface area contributed by atoms with Gasteiger partial charge in [0.1, 0.15) is 23.4 Å². The van der Waals surface area contributed by atoms with Crippen molar-refractivity contribution in [1.82, 2.24) is 9.55 Å². The van der Waals surface area contributed by atoms with Crippen molar-refractivity contribution in [3.05, 3.63) is 22.7 Å². The predicted octanol–water partition coefficient (Wildman–Crippen LogP) is 8.82. The van der Waals surface area contributed by atoms with E-state index in [1.807, 2.05) is 33.9 Å². The van der Waals surface area contributed by atoms with Crippen molar-refractivity contribution in [2.24, 2.45) is 11.3 Å². The van der Waals surface area contributed by atoms with Crippen molar-refractivity contribution in [3.63, 3.8) is 0 Å². The Labute approximate surface area is 286 Å². The Hall–Kier alpha value is -2.38. The average Bonchev–Trinajstić information content (AvgIpc) is 3.31. The van der Waals surface area contributed by atoms with Crippen LogP contribution >= 0.6 is 0 Å². The van der Waals surface area contributed by atoms with Crippen LogP contribution in [0.3, 0.4) is 0 Å². The second-order valence-corrected chi connectivity index (χ2v) is 20.7. The van der Waals surface area contributed by atoms with E-state index in [0.29, 0.717) is 6.42 Å². The number of ether oxygens (including phenoxy) is 2. The fourth-order valence-electron chi connectivity index (χ4n) is 5.82. The van der Waals surface area contributed by atoms with E-state index in [4.69, 9.17) is 13.9 Å². The first-order valence-corrected chi connectivity index (χ1v) is 20.5. The number of alkyl halides is 2. The third kappa shape index (κ3) is 12.2. The molecule has 1 saturated heterocycles. The zero-order chi connectivity index (χ0) is 36.4. The van der Waals surface area contributed by atoms with Crippen molar-refractivity contribution in [2.75, 3.05) is 25.1 Å². The zero-order valence-corrected chi connectivity index (χ0v) is 31.8. The summed E-state index contributed by atoms with van der Waals surface area (Å²) in [6.45, 7) is 15.7. The molecule has 1 unspecified atom stereocenters. The van der Waals surface area contributed by atoms with Crippen LogP contribution in [-0.4, -0.2) is 66.4 Å². The number of aliphatic carboxylic acids is 1. The summed E-state index contributed by atoms with van der Waals surface area (Å²) in [6.07, 6.45) is 9.88. The molecule has 0 aliphatic carbocycles. The van der Waals surface area contributed by atoms with Gasteiger partial charge in [-0.05, 0) is 64.2 Å². The Balaban J connectivity index is 2.40. The molecule has 48 heavy (non-hydrogen) atoms. The molecule has 1 aromatic heterocycles. The van der Waals surface area contributed by atoms with Crippen LogP contribution in [0.2, 0.25) is 18.1 Å². The number of nitrogens with one attached hydrogen (secondary N) is 1. The summed E-state index contributed by atoms with van der Waals surface area (Å²) < 4.78 is 48.9. The number of unbranched alkanes of at least 4 members (excludes halogenated alkanes) is 7. The number of carbonyl (C=O) groups excluding carboxylic acids is 1. The Morgan fingerprint density at radius 1 is 1.08 bits per heavy atom. The largest absolute Gasteiger partial charge is 0.481 e. The highest BCUT2D eigenvalue weighted by Gasteiger charge is 2.60. The molecule has 0 aromatic carbocycles. The summed E-state index contributed by atoms with van der Waals surface area (Å²) >= 11 is 0. The number of amides is 1. The van der Waals surface area contributed by atoms with Gasteiger partial charge >= 0.3 is 17.8 Å². The molecular weight excluding hydrogens is 640 g/mol. The Morgan fingerprint density at radius 2 is 1.69 bits per heavy atom. The summed E-state index contributed by atoms with van der Waals surface area (Å²) in [4.78, 5) is 42.8. The molecule has 10 nitrogen and oxygen atoms in total. The second-order valence-electron chi connectivity index (χ2n) is 15.9. The zero-order valence-electron chi connectivity index (χ0n) is 30.8. The molecule has 3 atom stereocenters. The topological polar surface area (TPSA) is 129 Å². The third-order valence-electron chi connectivity index (χ3n) is 9.85. The molecule has 276 valence electrons. The summed E-state index contributed by atoms with van der Waals surface area (Å²) in [6, 6.07) is 0.971. The number of rotatable bonds is 19. The molecule has 0 spiro atoms. The van der Waals surface area contributed by atoms with Gasteiger partial charge in [-0.2, -0.15) is 4.98 Å². The number of halogens is 2. The number of carbonyl (C=O) groups is 2. The highest BCUT2D eigenvalue weighted by atomic mass is 28.4. The second kappa shape index (κ2) is 17.5. The van der Waals surface area contributed by atoms with E-state index in [1.165, 1.54) is 42.5 Å². The van der Waals surface area contributed by atoms with Crippen LogP contribution in [0.15, 0.2) is 17.1 Å². The number of carboxylic acid groups (broad SMARTS) is 1. The van der Waals surface area contributed by atoms with Crippen molar-refractivity contribution >= 4 is 26.2 Å². The van der Waals surface area contributed by atoms with Crippen LogP contribution in [0.25, 0.3) is 0 Å². The Bertz CT molecular complexity index is 1250. The average molecular weight is 702 g/mol. The monoisotopic (exact) mass is 701 g/mol. The number of aromatic nitrogens is 2. The van der Waals surface area contributed by atoms with E-state index in [-0.39, 0.29) is 30.3 Å². The Kier molecular flexibility index (Phi) is 15.2. The third-order valence-corrected chi connectivity index (χ3v) is 14.3. The normalized spacial score (nSPS) is 18.7. The molecule has 2 N–H and O–H groups in total. The fourth-order valence-corrected chi connectivity index (χ4v) is 6.87. The molecule has 13 heteroatoms. The lowest BCUT2D eigenvalue weighted by atomic mass is 9.70. The van der Waals surface area contributed by atoms with Crippen molar-refractivity contribution in [2.45, 2.75) is 155 Å². The summed E-state index contributed by atoms with van der Waals surface area (Å²) in [5.74, 6) is -6.28. The lowest BCUT2D eigenvalue weighted by molar-refractivity contribution is -0.168. The van der Waals surface area contributed by atoms with E-state index in [9.17, 15) is 19.5 Å². The van der Waals surface area contributed by atoms with E-state index in [2.05, 4.69) is 17.2 Å². The highest BCUT2D eigenvalue weighted by molar-refractivity contribution is 6.74. The van der Waals surface area contributed by atoms with Crippen molar-refractivity contribution < 1.29 is 37.4 Å². The predicted molar refractivity (Wildman–Crippen MR) is 186 cm³/mol. The lowest BCUT2D eigenvalue weighted by Gasteiger charge is -2.43. The number of hydrogen-bond donors (Lipinski definition) is 2. The molecule has 2 rings (SSSR count). The standard InChI is InChI=1S/C35H61F2N3O7Si/c1-10-11-12-13-14-15-16-17-18-26(40-22-20-28(38-30(40)43)39-31(44)47-32(2,3)4)19-21-34(29(41)42,27-23-45-25-35(27,36)37)24-46-48(8,9)33(5,6)7/h20,22,26-27H,10-19,21,23-25H2,1-9H3,(H,41,42)(H,38,39,43,44)/t26-,27?,34+/m1/s1. The molecule has 2 heterocycles. The Morgan fingerprint density at radius 3 is 2.19 bits per heavy atom. The fraction of sp³-hybridized carbons (Fsp3) is 0.829. The maximum absolute atomic E-state index is 15.3. The van der Waals surface area contributed by atoms with Crippen LogP contribution < -0.4 is 11.0 Å². The van der Waals surface area contributed by atoms with E-state index in [0.717, 1.165) is 25.7 Å². The maximum Gasteiger partial charge on any atom is 0.413 e. The van der Waals surface area contributed by atoms with Crippen molar-refractivity contribution in [1.29, 1.82) is 0 Å². The van der Waals surface area contributed by atoms with Gasteiger partial charge in [0.25, 0.3) is 5.92 Å². The summed E-state index contributed by atoms with van der Waals surface area (Å²) in [7, 11) is -2.52. The summed E-state index contributed by atoms with van der Waals surface area (Å²) in [5.41, 5.74) is -3.32. The number of anilines is 1. The van der Waals surface area contributed by atoms with Crippen LogP contribution in [0.1, 0.15) is 125 Å². The van der Waals surface area contributed by atoms with Crippen molar-refractivity contribution in [3.8, 4) is 0 Å². The van der Waals surface area contributed by atoms with Crippen LogP contribution in [0.4, 0.5) is 19.4 Å². The van der Waals surface area contributed by atoms with Gasteiger partial charge < -0.3 is 19.0 Å². The quantitative estimate of drug-likeness (QED) is 0.108. The minimum Gasteiger partial charge on any atom is -0.481 e. The minimum atomic E-state index is -3.35. The van der Waals surface area contributed by atoms with Gasteiger partial charge in [-0.3, -0.25) is 14.7 Å². The van der Waals surface area contributed by atoms with Gasteiger partial charge in [-0.25, -0.2) is 18.4 Å². The number of carboxylic acids is 1. The maximum atomic E-state index is 15.3. The lowest BCUT2D eigenvalue weighted by Crippen LogP contribution is -2.53. The molecular formula is C35H61F2N3O7Si. The molecule has 0 bridgehead atoms. The molecule has 0 saturated carbocycles. The van der Waals surface area contributed by atoms with Gasteiger partial charge in [-0.1, -0.05) is 79.1 Å². The molecule has 1 aliphatic rings. The molecule has 1 fully saturated rings. The van der Waals surface area contributed by atoms with Gasteiger partial charge in [-0.15, -0.1) is 0 Å². The molecule has 1 aliphatic heterocycles. The molecule has 0 radical (unpaired) electrons. The van der Waals surface area contributed by atoms with Crippen LogP contribution in [0, 0.1) is 11.3 Å². The summed E-state index contributed by atoms with van der Waals surface area (Å²) in [5, 5.41) is 12.9. The minimum absolute atomic E-state index is 0.0155. The molecule has 1 amide bonds. The van der Waals surface area contributed by atoms with Gasteiger partial charge in [0.05, 0.1) is 19.1 Å². The number of nitrogens with zero attached hydrogens (tertiary/aromatic N) is 2. The number of hydrogen-bond acceptors (Lipinski definition) is 7. The first-order valence-electron chi connectivity index (χ1n) is 17.6. The van der Waals surface area contributed by atoms with Gasteiger partial charge in [0.15, 0.2) is 8.32 Å². The van der Waals surface area contributed by atoms with Crippen LogP contribution in [-0.2, 0) is 18.7 Å². The first kappa shape index (κ1) is 41.8. The smallest absolute Gasteiger partial charge is 0.413 e. The van der Waals surface area contributed by atoms with Gasteiger partial charge in [0, 0.05) is 12.2 Å². The highest BCUT2D eigenvalue weighted by Crippen LogP contribution is 2.49.